The number of hydrogen-bond acceptors (Lipinski definition) is 6. The topological polar surface area (TPSA) is 88.3 Å². The van der Waals surface area contributed by atoms with Crippen molar-refractivity contribution in [1.82, 2.24) is 15.5 Å². The van der Waals surface area contributed by atoms with Gasteiger partial charge >= 0.3 is 5.97 Å². The molecule has 0 aromatic carbocycles. The molecule has 2 heterocycles. The van der Waals surface area contributed by atoms with Crippen LogP contribution in [-0.2, 0) is 11.3 Å². The van der Waals surface area contributed by atoms with Gasteiger partial charge in [-0.05, 0) is 18.4 Å². The number of aromatic nitrogens is 2. The first-order valence-electron chi connectivity index (χ1n) is 4.98. The van der Waals surface area contributed by atoms with E-state index in [1.54, 1.807) is 18.3 Å². The minimum atomic E-state index is -0.914. The number of nitrogens with zero attached hydrogens (tertiary/aromatic N) is 2. The van der Waals surface area contributed by atoms with Gasteiger partial charge in [-0.3, -0.25) is 10.1 Å². The highest BCUT2D eigenvalue weighted by Gasteiger charge is 2.13. The van der Waals surface area contributed by atoms with E-state index < -0.39 is 12.0 Å². The fourth-order valence-corrected chi connectivity index (χ4v) is 1.80. The standard InChI is InChI=1S/C10H11N3O3S/c1-6(10(14)15)11-4-8-12-9(13-16-8)7-2-3-17-5-7/h2-3,5-6,11H,4H2,1H3,(H,14,15). The Labute approximate surface area is 101 Å². The Morgan fingerprint density at radius 3 is 3.18 bits per heavy atom. The Balaban J connectivity index is 1.97. The zero-order valence-electron chi connectivity index (χ0n) is 9.08. The predicted molar refractivity (Wildman–Crippen MR) is 61.5 cm³/mol. The normalized spacial score (nSPS) is 12.5. The summed E-state index contributed by atoms with van der Waals surface area (Å²) in [5.41, 5.74) is 0.899. The molecule has 7 heteroatoms. The molecule has 2 aromatic rings. The zero-order chi connectivity index (χ0) is 12.3. The second-order valence-corrected chi connectivity index (χ2v) is 4.24. The van der Waals surface area contributed by atoms with Crippen LogP contribution in [0.5, 0.6) is 0 Å². The highest BCUT2D eigenvalue weighted by Crippen LogP contribution is 2.18. The number of aliphatic carboxylic acids is 1. The Hall–Kier alpha value is -1.73. The van der Waals surface area contributed by atoms with Gasteiger partial charge < -0.3 is 9.63 Å². The molecule has 1 unspecified atom stereocenters. The van der Waals surface area contributed by atoms with Crippen LogP contribution in [0.2, 0.25) is 0 Å². The first-order valence-corrected chi connectivity index (χ1v) is 5.92. The van der Waals surface area contributed by atoms with E-state index in [0.717, 1.165) is 5.56 Å². The second kappa shape index (κ2) is 5.07. The lowest BCUT2D eigenvalue weighted by Gasteiger charge is -2.04. The molecule has 0 saturated carbocycles. The Morgan fingerprint density at radius 1 is 1.71 bits per heavy atom. The molecule has 0 amide bonds. The van der Waals surface area contributed by atoms with Crippen molar-refractivity contribution in [2.24, 2.45) is 0 Å². The molecule has 17 heavy (non-hydrogen) atoms. The van der Waals surface area contributed by atoms with Crippen molar-refractivity contribution in [1.29, 1.82) is 0 Å². The van der Waals surface area contributed by atoms with Gasteiger partial charge in [0.25, 0.3) is 0 Å². The number of hydrogen-bond donors (Lipinski definition) is 2. The number of carbonyl (C=O) groups is 1. The second-order valence-electron chi connectivity index (χ2n) is 3.46. The first-order chi connectivity index (χ1) is 8.16. The largest absolute Gasteiger partial charge is 0.480 e. The minimum absolute atomic E-state index is 0.241. The van der Waals surface area contributed by atoms with Crippen LogP contribution in [0.1, 0.15) is 12.8 Å². The summed E-state index contributed by atoms with van der Waals surface area (Å²) >= 11 is 1.55. The van der Waals surface area contributed by atoms with Gasteiger partial charge in [-0.1, -0.05) is 5.16 Å². The Kier molecular flexibility index (Phi) is 3.50. The van der Waals surface area contributed by atoms with E-state index in [0.29, 0.717) is 11.7 Å². The summed E-state index contributed by atoms with van der Waals surface area (Å²) in [5, 5.41) is 19.1. The molecule has 0 bridgehead atoms. The van der Waals surface area contributed by atoms with Crippen LogP contribution in [0.15, 0.2) is 21.3 Å². The maximum absolute atomic E-state index is 10.6. The molecule has 1 atom stereocenters. The van der Waals surface area contributed by atoms with Crippen molar-refractivity contribution in [2.75, 3.05) is 0 Å². The van der Waals surface area contributed by atoms with Gasteiger partial charge in [0.2, 0.25) is 11.7 Å². The summed E-state index contributed by atoms with van der Waals surface area (Å²) in [4.78, 5) is 14.7. The van der Waals surface area contributed by atoms with E-state index >= 15 is 0 Å². The van der Waals surface area contributed by atoms with Crippen LogP contribution in [0, 0.1) is 0 Å². The van der Waals surface area contributed by atoms with Crippen molar-refractivity contribution in [3.8, 4) is 11.4 Å². The summed E-state index contributed by atoms with van der Waals surface area (Å²) in [5.74, 6) is -0.0205. The number of carboxylic acids is 1. The van der Waals surface area contributed by atoms with Gasteiger partial charge in [0.15, 0.2) is 0 Å². The van der Waals surface area contributed by atoms with Crippen LogP contribution in [0.4, 0.5) is 0 Å². The van der Waals surface area contributed by atoms with Gasteiger partial charge in [-0.25, -0.2) is 0 Å². The molecule has 90 valence electrons. The predicted octanol–water partition coefficient (Wildman–Crippen LogP) is 1.36. The van der Waals surface area contributed by atoms with Gasteiger partial charge in [-0.15, -0.1) is 0 Å². The SMILES string of the molecule is CC(NCc1nc(-c2ccsc2)no1)C(=O)O. The third-order valence-electron chi connectivity index (χ3n) is 2.18. The van der Waals surface area contributed by atoms with Crippen molar-refractivity contribution in [3.05, 3.63) is 22.7 Å². The van der Waals surface area contributed by atoms with Crippen LogP contribution >= 0.6 is 11.3 Å². The average molecular weight is 253 g/mol. The van der Waals surface area contributed by atoms with Crippen molar-refractivity contribution >= 4 is 17.3 Å². The molecule has 0 aliphatic carbocycles. The summed E-state index contributed by atoms with van der Waals surface area (Å²) in [6.45, 7) is 1.79. The van der Waals surface area contributed by atoms with E-state index in [4.69, 9.17) is 9.63 Å². The van der Waals surface area contributed by atoms with E-state index in [2.05, 4.69) is 15.5 Å². The van der Waals surface area contributed by atoms with Gasteiger partial charge in [0.1, 0.15) is 6.04 Å². The molecular weight excluding hydrogens is 242 g/mol. The van der Waals surface area contributed by atoms with Crippen molar-refractivity contribution in [3.63, 3.8) is 0 Å². The fraction of sp³-hybridized carbons (Fsp3) is 0.300. The number of rotatable bonds is 5. The van der Waals surface area contributed by atoms with E-state index in [1.807, 2.05) is 16.8 Å². The number of nitrogens with one attached hydrogen (secondary N) is 1. The Bertz CT molecular complexity index is 495. The van der Waals surface area contributed by atoms with Crippen LogP contribution in [0.25, 0.3) is 11.4 Å². The summed E-state index contributed by atoms with van der Waals surface area (Å²) < 4.78 is 5.01. The van der Waals surface area contributed by atoms with Crippen LogP contribution < -0.4 is 5.32 Å². The first kappa shape index (κ1) is 11.7. The fourth-order valence-electron chi connectivity index (χ4n) is 1.16. The zero-order valence-corrected chi connectivity index (χ0v) is 9.90. The monoisotopic (exact) mass is 253 g/mol. The number of carboxylic acid groups (broad SMARTS) is 1. The summed E-state index contributed by atoms with van der Waals surface area (Å²) in [6, 6.07) is 1.25. The molecule has 2 aromatic heterocycles. The molecule has 0 saturated heterocycles. The third kappa shape index (κ3) is 2.89. The average Bonchev–Trinajstić information content (AvgIpc) is 2.95. The highest BCUT2D eigenvalue weighted by atomic mass is 32.1. The lowest BCUT2D eigenvalue weighted by Crippen LogP contribution is -2.33. The maximum Gasteiger partial charge on any atom is 0.320 e. The van der Waals surface area contributed by atoms with Gasteiger partial charge in [0, 0.05) is 10.9 Å². The lowest BCUT2D eigenvalue weighted by molar-refractivity contribution is -0.139. The molecule has 0 radical (unpaired) electrons. The molecule has 0 aliphatic rings. The van der Waals surface area contributed by atoms with E-state index in [1.165, 1.54) is 0 Å². The minimum Gasteiger partial charge on any atom is -0.480 e. The maximum atomic E-state index is 10.6. The van der Waals surface area contributed by atoms with E-state index in [-0.39, 0.29) is 6.54 Å². The quantitative estimate of drug-likeness (QED) is 0.836. The van der Waals surface area contributed by atoms with Crippen LogP contribution in [-0.4, -0.2) is 27.3 Å². The molecule has 2 N–H and O–H groups in total. The van der Waals surface area contributed by atoms with Gasteiger partial charge in [0.05, 0.1) is 6.54 Å². The van der Waals surface area contributed by atoms with Gasteiger partial charge in [-0.2, -0.15) is 16.3 Å². The highest BCUT2D eigenvalue weighted by molar-refractivity contribution is 7.08. The van der Waals surface area contributed by atoms with E-state index in [9.17, 15) is 4.79 Å². The van der Waals surface area contributed by atoms with Crippen LogP contribution in [0.3, 0.4) is 0 Å². The lowest BCUT2D eigenvalue weighted by atomic mass is 10.3. The Morgan fingerprint density at radius 2 is 2.53 bits per heavy atom. The molecule has 6 nitrogen and oxygen atoms in total. The summed E-state index contributed by atoms with van der Waals surface area (Å²) in [7, 11) is 0. The van der Waals surface area contributed by atoms with Crippen molar-refractivity contribution in [2.45, 2.75) is 19.5 Å². The molecule has 0 aliphatic heterocycles. The summed E-state index contributed by atoms with van der Waals surface area (Å²) in [6.07, 6.45) is 0. The molecule has 2 rings (SSSR count). The number of thiophene rings is 1. The third-order valence-corrected chi connectivity index (χ3v) is 2.86. The smallest absolute Gasteiger partial charge is 0.320 e. The molecular formula is C10H11N3O3S. The molecule has 0 fully saturated rings. The van der Waals surface area contributed by atoms with Crippen molar-refractivity contribution < 1.29 is 14.4 Å². The molecule has 0 spiro atoms.